The van der Waals surface area contributed by atoms with Crippen molar-refractivity contribution in [1.29, 1.82) is 0 Å². The molecule has 3 aromatic rings. The molecule has 24 heavy (non-hydrogen) atoms. The summed E-state index contributed by atoms with van der Waals surface area (Å²) in [5, 5.41) is 20.8. The monoisotopic (exact) mass is 343 g/mol. The molecule has 0 spiro atoms. The fourth-order valence-electron chi connectivity index (χ4n) is 2.27. The highest BCUT2D eigenvalue weighted by molar-refractivity contribution is 6.30. The number of hydrogen-bond donors (Lipinski definition) is 3. The molecule has 0 aliphatic heterocycles. The summed E-state index contributed by atoms with van der Waals surface area (Å²) in [4.78, 5) is 0. The average Bonchev–Trinajstić information content (AvgIpc) is 2.99. The molecular formula is C18H18ClN3O2. The Bertz CT molecular complexity index is 829. The van der Waals surface area contributed by atoms with Crippen LogP contribution in [-0.4, -0.2) is 21.4 Å². The van der Waals surface area contributed by atoms with Crippen LogP contribution < -0.4 is 10.1 Å². The third-order valence-corrected chi connectivity index (χ3v) is 3.58. The lowest BCUT2D eigenvalue weighted by Crippen LogP contribution is -2.07. The van der Waals surface area contributed by atoms with Gasteiger partial charge in [0.1, 0.15) is 11.5 Å². The van der Waals surface area contributed by atoms with E-state index in [1.54, 1.807) is 18.2 Å². The van der Waals surface area contributed by atoms with Crippen molar-refractivity contribution >= 4 is 23.1 Å². The molecule has 0 unspecified atom stereocenters. The molecule has 2 aromatic carbocycles. The number of aromatic amines is 1. The van der Waals surface area contributed by atoms with Gasteiger partial charge in [-0.15, -0.1) is 0 Å². The number of benzene rings is 2. The van der Waals surface area contributed by atoms with Gasteiger partial charge in [0.05, 0.1) is 17.5 Å². The molecule has 1 aromatic heterocycles. The van der Waals surface area contributed by atoms with Crippen molar-refractivity contribution in [3.05, 3.63) is 53.6 Å². The zero-order chi connectivity index (χ0) is 17.1. The van der Waals surface area contributed by atoms with Gasteiger partial charge in [0.2, 0.25) is 0 Å². The molecule has 3 N–H and O–H groups in total. The second-order valence-corrected chi connectivity index (χ2v) is 6.08. The minimum absolute atomic E-state index is 0.00355. The largest absolute Gasteiger partial charge is 0.508 e. The lowest BCUT2D eigenvalue weighted by molar-refractivity contribution is 0.243. The number of anilines is 2. The van der Waals surface area contributed by atoms with Crippen molar-refractivity contribution in [3.63, 3.8) is 0 Å². The lowest BCUT2D eigenvalue weighted by atomic mass is 10.1. The van der Waals surface area contributed by atoms with E-state index in [0.29, 0.717) is 16.6 Å². The minimum Gasteiger partial charge on any atom is -0.508 e. The first-order valence-corrected chi connectivity index (χ1v) is 7.97. The highest BCUT2D eigenvalue weighted by Crippen LogP contribution is 2.32. The van der Waals surface area contributed by atoms with Crippen LogP contribution in [-0.2, 0) is 0 Å². The van der Waals surface area contributed by atoms with Gasteiger partial charge in [0.15, 0.2) is 5.82 Å². The van der Waals surface area contributed by atoms with Crippen LogP contribution in [0.15, 0.2) is 48.5 Å². The van der Waals surface area contributed by atoms with Gasteiger partial charge in [-0.3, -0.25) is 5.10 Å². The summed E-state index contributed by atoms with van der Waals surface area (Å²) in [6.07, 6.45) is -0.00355. The maximum atomic E-state index is 9.65. The van der Waals surface area contributed by atoms with Gasteiger partial charge in [0.25, 0.3) is 0 Å². The first-order valence-electron chi connectivity index (χ1n) is 7.59. The van der Waals surface area contributed by atoms with Crippen LogP contribution in [0.1, 0.15) is 13.8 Å². The van der Waals surface area contributed by atoms with Gasteiger partial charge in [-0.2, -0.15) is 5.10 Å². The SMILES string of the molecule is CC(C)Oc1cc(O)ccc1Nc1cc(-c2ccc(Cl)cc2)[nH]n1. The van der Waals surface area contributed by atoms with E-state index < -0.39 is 0 Å². The number of phenols is 1. The summed E-state index contributed by atoms with van der Waals surface area (Å²) in [5.41, 5.74) is 2.60. The Balaban J connectivity index is 1.83. The number of rotatable bonds is 5. The minimum atomic E-state index is -0.00355. The van der Waals surface area contributed by atoms with Crippen LogP contribution in [0.25, 0.3) is 11.3 Å². The van der Waals surface area contributed by atoms with Crippen molar-refractivity contribution in [2.45, 2.75) is 20.0 Å². The van der Waals surface area contributed by atoms with E-state index in [1.165, 1.54) is 0 Å². The molecule has 0 fully saturated rings. The molecule has 0 saturated carbocycles. The topological polar surface area (TPSA) is 70.2 Å². The van der Waals surface area contributed by atoms with Gasteiger partial charge in [-0.25, -0.2) is 0 Å². The predicted octanol–water partition coefficient (Wildman–Crippen LogP) is 4.97. The fraction of sp³-hybridized carbons (Fsp3) is 0.167. The van der Waals surface area contributed by atoms with Crippen LogP contribution in [0.4, 0.5) is 11.5 Å². The molecular weight excluding hydrogens is 326 g/mol. The van der Waals surface area contributed by atoms with E-state index in [-0.39, 0.29) is 11.9 Å². The lowest BCUT2D eigenvalue weighted by Gasteiger charge is -2.14. The first kappa shape index (κ1) is 16.2. The number of aromatic hydroxyl groups is 1. The van der Waals surface area contributed by atoms with E-state index in [0.717, 1.165) is 16.9 Å². The van der Waals surface area contributed by atoms with E-state index >= 15 is 0 Å². The Labute approximate surface area is 145 Å². The molecule has 5 nitrogen and oxygen atoms in total. The molecule has 124 valence electrons. The van der Waals surface area contributed by atoms with Gasteiger partial charge in [0, 0.05) is 17.2 Å². The average molecular weight is 344 g/mol. The molecule has 0 radical (unpaired) electrons. The van der Waals surface area contributed by atoms with Crippen molar-refractivity contribution in [1.82, 2.24) is 10.2 Å². The van der Waals surface area contributed by atoms with Crippen molar-refractivity contribution in [2.24, 2.45) is 0 Å². The van der Waals surface area contributed by atoms with Gasteiger partial charge < -0.3 is 15.2 Å². The van der Waals surface area contributed by atoms with Gasteiger partial charge >= 0.3 is 0 Å². The molecule has 0 aliphatic rings. The number of H-pyrrole nitrogens is 1. The Morgan fingerprint density at radius 1 is 1.12 bits per heavy atom. The maximum Gasteiger partial charge on any atom is 0.152 e. The van der Waals surface area contributed by atoms with Crippen molar-refractivity contribution < 1.29 is 9.84 Å². The van der Waals surface area contributed by atoms with Crippen molar-refractivity contribution in [3.8, 4) is 22.8 Å². The summed E-state index contributed by atoms with van der Waals surface area (Å²) >= 11 is 5.91. The summed E-state index contributed by atoms with van der Waals surface area (Å²) in [5.74, 6) is 1.38. The number of phenolic OH excluding ortho intramolecular Hbond substituents is 1. The fourth-order valence-corrected chi connectivity index (χ4v) is 2.39. The number of halogens is 1. The van der Waals surface area contributed by atoms with E-state index in [4.69, 9.17) is 16.3 Å². The Hall–Kier alpha value is -2.66. The Morgan fingerprint density at radius 3 is 2.58 bits per heavy atom. The summed E-state index contributed by atoms with van der Waals surface area (Å²) in [7, 11) is 0. The smallest absolute Gasteiger partial charge is 0.152 e. The molecule has 0 saturated heterocycles. The number of ether oxygens (including phenoxy) is 1. The molecule has 0 aliphatic carbocycles. The molecule has 3 rings (SSSR count). The highest BCUT2D eigenvalue weighted by Gasteiger charge is 2.10. The van der Waals surface area contributed by atoms with E-state index in [9.17, 15) is 5.11 Å². The van der Waals surface area contributed by atoms with Crippen LogP contribution in [0.5, 0.6) is 11.5 Å². The van der Waals surface area contributed by atoms with Crippen LogP contribution >= 0.6 is 11.6 Å². The number of aromatic nitrogens is 2. The second-order valence-electron chi connectivity index (χ2n) is 5.65. The molecule has 6 heteroatoms. The van der Waals surface area contributed by atoms with Crippen LogP contribution in [0.2, 0.25) is 5.02 Å². The molecule has 1 heterocycles. The number of nitrogens with zero attached hydrogens (tertiary/aromatic N) is 1. The third-order valence-electron chi connectivity index (χ3n) is 3.32. The second kappa shape index (κ2) is 6.84. The normalized spacial score (nSPS) is 10.8. The third kappa shape index (κ3) is 3.81. The Morgan fingerprint density at radius 2 is 1.88 bits per heavy atom. The quantitative estimate of drug-likeness (QED) is 0.572. The number of hydrogen-bond acceptors (Lipinski definition) is 4. The molecule has 0 bridgehead atoms. The van der Waals surface area contributed by atoms with Gasteiger partial charge in [-0.1, -0.05) is 23.7 Å². The standard InChI is InChI=1S/C18H18ClN3O2/c1-11(2)24-17-9-14(23)7-8-15(17)20-18-10-16(21-22-18)12-3-5-13(19)6-4-12/h3-11,23H,1-2H3,(H2,20,21,22). The van der Waals surface area contributed by atoms with E-state index in [1.807, 2.05) is 44.2 Å². The van der Waals surface area contributed by atoms with E-state index in [2.05, 4.69) is 15.5 Å². The van der Waals surface area contributed by atoms with Gasteiger partial charge in [-0.05, 0) is 43.7 Å². The highest BCUT2D eigenvalue weighted by atomic mass is 35.5. The number of nitrogens with one attached hydrogen (secondary N) is 2. The van der Waals surface area contributed by atoms with Crippen LogP contribution in [0.3, 0.4) is 0 Å². The Kier molecular flexibility index (Phi) is 4.62. The zero-order valence-electron chi connectivity index (χ0n) is 13.4. The summed E-state index contributed by atoms with van der Waals surface area (Å²) in [6, 6.07) is 14.3. The zero-order valence-corrected chi connectivity index (χ0v) is 14.1. The molecule has 0 amide bonds. The summed E-state index contributed by atoms with van der Waals surface area (Å²) in [6.45, 7) is 3.86. The predicted molar refractivity (Wildman–Crippen MR) is 96.2 cm³/mol. The van der Waals surface area contributed by atoms with Crippen molar-refractivity contribution in [2.75, 3.05) is 5.32 Å². The van der Waals surface area contributed by atoms with Crippen LogP contribution in [0, 0.1) is 0 Å². The maximum absolute atomic E-state index is 9.65. The molecule has 0 atom stereocenters. The first-order chi connectivity index (χ1) is 11.5. The summed E-state index contributed by atoms with van der Waals surface area (Å²) < 4.78 is 5.73.